The van der Waals surface area contributed by atoms with Crippen molar-refractivity contribution in [3.63, 3.8) is 0 Å². The van der Waals surface area contributed by atoms with Gasteiger partial charge in [-0.1, -0.05) is 0 Å². The second-order valence-electron chi connectivity index (χ2n) is 4.94. The van der Waals surface area contributed by atoms with E-state index in [1.54, 1.807) is 0 Å². The number of anilines is 1. The molecule has 5 atom stereocenters. The van der Waals surface area contributed by atoms with Gasteiger partial charge in [0.15, 0.2) is 0 Å². The van der Waals surface area contributed by atoms with E-state index in [0.717, 1.165) is 0 Å². The van der Waals surface area contributed by atoms with Gasteiger partial charge in [0.05, 0.1) is 12.2 Å². The number of carbonyl (C=O) groups is 1. The van der Waals surface area contributed by atoms with Crippen LogP contribution in [0.1, 0.15) is 10.4 Å². The number of benzene rings is 1. The summed E-state index contributed by atoms with van der Waals surface area (Å²) in [7, 11) is 0. The van der Waals surface area contributed by atoms with Gasteiger partial charge in [0.25, 0.3) is 0 Å². The maximum Gasteiger partial charge on any atom is 0.340 e. The van der Waals surface area contributed by atoms with Crippen LogP contribution in [0.4, 0.5) is 5.69 Å². The summed E-state index contributed by atoms with van der Waals surface area (Å²) in [6.45, 7) is -1.08. The molecule has 0 aromatic heterocycles. The molecule has 0 spiro atoms. The van der Waals surface area contributed by atoms with Crippen LogP contribution >= 0.6 is 0 Å². The number of carbonyl (C=O) groups excluding carboxylic acids is 1. The molecular weight excluding hydrogens is 298 g/mol. The van der Waals surface area contributed by atoms with Gasteiger partial charge >= 0.3 is 5.97 Å². The second-order valence-corrected chi connectivity index (χ2v) is 4.94. The van der Waals surface area contributed by atoms with Gasteiger partial charge in [-0.2, -0.15) is 0 Å². The van der Waals surface area contributed by atoms with E-state index < -0.39 is 43.0 Å². The van der Waals surface area contributed by atoms with Crippen molar-refractivity contribution in [2.75, 3.05) is 12.3 Å². The highest BCUT2D eigenvalue weighted by molar-refractivity contribution is 5.89. The van der Waals surface area contributed by atoms with E-state index >= 15 is 0 Å². The summed E-state index contributed by atoms with van der Waals surface area (Å²) in [5.41, 5.74) is 6.01. The molecule has 9 nitrogen and oxygen atoms in total. The lowest BCUT2D eigenvalue weighted by Gasteiger charge is -2.43. The molecule has 1 heterocycles. The van der Waals surface area contributed by atoms with E-state index in [-0.39, 0.29) is 5.56 Å². The molecule has 0 bridgehead atoms. The van der Waals surface area contributed by atoms with E-state index in [4.69, 9.17) is 20.3 Å². The SMILES string of the molecule is Nc1ccc(C(=O)OC2O[C@@](O)(CO)[C@@H](O)[C@H](O)[C@@H]2O)cc1. The van der Waals surface area contributed by atoms with Crippen LogP contribution in [0.15, 0.2) is 24.3 Å². The largest absolute Gasteiger partial charge is 0.429 e. The number of esters is 1. The van der Waals surface area contributed by atoms with E-state index in [1.165, 1.54) is 24.3 Å². The molecule has 1 aromatic carbocycles. The van der Waals surface area contributed by atoms with Crippen molar-refractivity contribution in [1.29, 1.82) is 0 Å². The molecule has 7 N–H and O–H groups in total. The highest BCUT2D eigenvalue weighted by Crippen LogP contribution is 2.29. The third-order valence-corrected chi connectivity index (χ3v) is 3.33. The predicted molar refractivity (Wildman–Crippen MR) is 71.2 cm³/mol. The fourth-order valence-electron chi connectivity index (χ4n) is 1.97. The average molecular weight is 315 g/mol. The Morgan fingerprint density at radius 1 is 1.23 bits per heavy atom. The van der Waals surface area contributed by atoms with Crippen molar-refractivity contribution in [3.8, 4) is 0 Å². The van der Waals surface area contributed by atoms with Gasteiger partial charge in [-0.25, -0.2) is 4.79 Å². The summed E-state index contributed by atoms with van der Waals surface area (Å²) in [4.78, 5) is 11.9. The lowest BCUT2D eigenvalue weighted by atomic mass is 9.96. The number of hydrogen-bond acceptors (Lipinski definition) is 9. The van der Waals surface area contributed by atoms with Crippen molar-refractivity contribution in [2.45, 2.75) is 30.4 Å². The molecule has 1 unspecified atom stereocenters. The minimum atomic E-state index is -2.56. The van der Waals surface area contributed by atoms with Crippen LogP contribution in [0, 0.1) is 0 Å². The van der Waals surface area contributed by atoms with E-state index in [0.29, 0.717) is 5.69 Å². The van der Waals surface area contributed by atoms with E-state index in [2.05, 4.69) is 0 Å². The lowest BCUT2D eigenvalue weighted by molar-refractivity contribution is -0.388. The predicted octanol–water partition coefficient (Wildman–Crippen LogP) is -2.45. The van der Waals surface area contributed by atoms with Gasteiger partial charge in [-0.3, -0.25) is 0 Å². The molecule has 0 radical (unpaired) electrons. The summed E-state index contributed by atoms with van der Waals surface area (Å²) in [6.07, 6.45) is -7.44. The number of aliphatic hydroxyl groups is 5. The smallest absolute Gasteiger partial charge is 0.340 e. The quantitative estimate of drug-likeness (QED) is 0.262. The highest BCUT2D eigenvalue weighted by atomic mass is 16.8. The van der Waals surface area contributed by atoms with Crippen LogP contribution in [-0.2, 0) is 9.47 Å². The summed E-state index contributed by atoms with van der Waals surface area (Å²) < 4.78 is 9.66. The maximum atomic E-state index is 11.9. The van der Waals surface area contributed by atoms with Gasteiger partial charge in [-0.05, 0) is 24.3 Å². The first-order chi connectivity index (χ1) is 10.3. The Kier molecular flexibility index (Phi) is 4.66. The van der Waals surface area contributed by atoms with Crippen LogP contribution in [0.25, 0.3) is 0 Å². The number of nitrogen functional groups attached to an aromatic ring is 1. The molecular formula is C13H17NO8. The minimum absolute atomic E-state index is 0.0955. The van der Waals surface area contributed by atoms with Crippen molar-refractivity contribution in [3.05, 3.63) is 29.8 Å². The third kappa shape index (κ3) is 3.04. The lowest BCUT2D eigenvalue weighted by Crippen LogP contribution is -2.66. The highest BCUT2D eigenvalue weighted by Gasteiger charge is 2.54. The minimum Gasteiger partial charge on any atom is -0.429 e. The fourth-order valence-corrected chi connectivity index (χ4v) is 1.97. The number of aliphatic hydroxyl groups excluding tert-OH is 4. The zero-order valence-electron chi connectivity index (χ0n) is 11.4. The van der Waals surface area contributed by atoms with Crippen molar-refractivity contribution in [2.24, 2.45) is 0 Å². The molecule has 1 aliphatic rings. The summed E-state index contributed by atoms with van der Waals surface area (Å²) in [5, 5.41) is 47.8. The standard InChI is InChI=1S/C13H17NO8/c14-7-3-1-6(2-4-7)11(19)21-12-9(17)8(16)10(18)13(20,5-15)22-12/h1-4,8-10,12,15-18,20H,5,14H2/t8-,9+,10+,12?,13+/m1/s1. The van der Waals surface area contributed by atoms with Crippen molar-refractivity contribution < 1.29 is 39.8 Å². The Labute approximate surface area is 125 Å². The monoisotopic (exact) mass is 315 g/mol. The normalized spacial score (nSPS) is 35.1. The fraction of sp³-hybridized carbons (Fsp3) is 0.462. The molecule has 1 fully saturated rings. The average Bonchev–Trinajstić information content (AvgIpc) is 2.51. The first kappa shape index (κ1) is 16.6. The Morgan fingerprint density at radius 3 is 2.36 bits per heavy atom. The molecule has 9 heteroatoms. The molecule has 122 valence electrons. The molecule has 2 rings (SSSR count). The molecule has 0 aliphatic carbocycles. The van der Waals surface area contributed by atoms with E-state index in [1.807, 2.05) is 0 Å². The molecule has 1 saturated heterocycles. The zero-order valence-corrected chi connectivity index (χ0v) is 11.4. The number of nitrogens with two attached hydrogens (primary N) is 1. The maximum absolute atomic E-state index is 11.9. The van der Waals surface area contributed by atoms with Gasteiger partial charge in [-0.15, -0.1) is 0 Å². The first-order valence-electron chi connectivity index (χ1n) is 6.40. The molecule has 0 amide bonds. The summed E-state index contributed by atoms with van der Waals surface area (Å²) >= 11 is 0. The van der Waals surface area contributed by atoms with Gasteiger partial charge in [0.1, 0.15) is 18.3 Å². The molecule has 1 aliphatic heterocycles. The number of rotatable bonds is 3. The Hall–Kier alpha value is -1.75. The number of ether oxygens (including phenoxy) is 2. The van der Waals surface area contributed by atoms with Crippen LogP contribution in [0.5, 0.6) is 0 Å². The van der Waals surface area contributed by atoms with Crippen LogP contribution in [-0.4, -0.2) is 68.5 Å². The van der Waals surface area contributed by atoms with Crippen LogP contribution in [0.2, 0.25) is 0 Å². The summed E-state index contributed by atoms with van der Waals surface area (Å²) in [6, 6.07) is 5.65. The van der Waals surface area contributed by atoms with Gasteiger partial charge < -0.3 is 40.7 Å². The Morgan fingerprint density at radius 2 is 1.82 bits per heavy atom. The van der Waals surface area contributed by atoms with Gasteiger partial charge in [0, 0.05) is 5.69 Å². The van der Waals surface area contributed by atoms with Crippen LogP contribution < -0.4 is 5.73 Å². The Balaban J connectivity index is 2.14. The Bertz CT molecular complexity index is 535. The van der Waals surface area contributed by atoms with Crippen LogP contribution in [0.3, 0.4) is 0 Å². The summed E-state index contributed by atoms with van der Waals surface area (Å²) in [5.74, 6) is -3.47. The van der Waals surface area contributed by atoms with Crippen molar-refractivity contribution >= 4 is 11.7 Å². The van der Waals surface area contributed by atoms with Crippen molar-refractivity contribution in [1.82, 2.24) is 0 Å². The first-order valence-corrected chi connectivity index (χ1v) is 6.40. The zero-order chi connectivity index (χ0) is 16.5. The number of hydrogen-bond donors (Lipinski definition) is 6. The molecule has 1 aromatic rings. The topological polar surface area (TPSA) is 163 Å². The molecule has 22 heavy (non-hydrogen) atoms. The third-order valence-electron chi connectivity index (χ3n) is 3.33. The van der Waals surface area contributed by atoms with Gasteiger partial charge in [0.2, 0.25) is 12.1 Å². The second kappa shape index (κ2) is 6.16. The van der Waals surface area contributed by atoms with E-state index in [9.17, 15) is 25.2 Å². The molecule has 0 saturated carbocycles.